The highest BCUT2D eigenvalue weighted by atomic mass is 16.5. The van der Waals surface area contributed by atoms with Crippen LogP contribution in [0.2, 0.25) is 0 Å². The molecular weight excluding hydrogens is 454 g/mol. The second-order valence-electron chi connectivity index (χ2n) is 9.13. The normalized spacial score (nSPS) is 18.6. The lowest BCUT2D eigenvalue weighted by Crippen LogP contribution is -2.41. The van der Waals surface area contributed by atoms with Crippen LogP contribution in [-0.2, 0) is 16.1 Å². The Kier molecular flexibility index (Phi) is 9.04. The number of nitrogens with zero attached hydrogens (tertiary/aromatic N) is 6. The minimum Gasteiger partial charge on any atom is -0.480 e. The number of ether oxygens (including phenoxy) is 1. The van der Waals surface area contributed by atoms with Gasteiger partial charge in [0.05, 0.1) is 12.9 Å². The van der Waals surface area contributed by atoms with Gasteiger partial charge < -0.3 is 36.1 Å². The van der Waals surface area contributed by atoms with Crippen LogP contribution in [0.25, 0.3) is 11.2 Å². The molecule has 3 rings (SSSR count). The summed E-state index contributed by atoms with van der Waals surface area (Å²) in [5, 5.41) is 11.7. The van der Waals surface area contributed by atoms with Gasteiger partial charge in [0.15, 0.2) is 22.9 Å². The number of carboxylic acids is 1. The van der Waals surface area contributed by atoms with Crippen molar-refractivity contribution in [2.75, 3.05) is 32.1 Å². The Labute approximate surface area is 204 Å². The van der Waals surface area contributed by atoms with Crippen LogP contribution in [0, 0.1) is 11.8 Å². The molecule has 0 spiro atoms. The van der Waals surface area contributed by atoms with Gasteiger partial charge in [0.2, 0.25) is 0 Å². The SMILES string of the molecule is CN(C)c1ncnc2c1ncn2CC1CCC(COC(=O)N[C@@H](CCCN=C(N)N)C(=O)O)CC1. The second-order valence-corrected chi connectivity index (χ2v) is 9.13. The summed E-state index contributed by atoms with van der Waals surface area (Å²) in [7, 11) is 3.86. The molecule has 1 aliphatic carbocycles. The van der Waals surface area contributed by atoms with Gasteiger partial charge in [-0.15, -0.1) is 0 Å². The van der Waals surface area contributed by atoms with Crippen molar-refractivity contribution in [2.45, 2.75) is 51.1 Å². The number of aromatic nitrogens is 4. The molecule has 0 radical (unpaired) electrons. The smallest absolute Gasteiger partial charge is 0.407 e. The van der Waals surface area contributed by atoms with E-state index in [0.717, 1.165) is 49.2 Å². The second kappa shape index (κ2) is 12.2. The molecule has 0 saturated heterocycles. The van der Waals surface area contributed by atoms with Crippen molar-refractivity contribution >= 4 is 35.0 Å². The van der Waals surface area contributed by atoms with Gasteiger partial charge in [-0.3, -0.25) is 4.99 Å². The van der Waals surface area contributed by atoms with Gasteiger partial charge in [0, 0.05) is 27.2 Å². The summed E-state index contributed by atoms with van der Waals surface area (Å²) in [5.41, 5.74) is 12.1. The fourth-order valence-electron chi connectivity index (χ4n) is 4.33. The van der Waals surface area contributed by atoms with E-state index in [2.05, 4.69) is 29.8 Å². The fraction of sp³-hybridized carbons (Fsp3) is 0.636. The number of guanidine groups is 1. The van der Waals surface area contributed by atoms with Crippen molar-refractivity contribution in [1.29, 1.82) is 0 Å². The molecule has 0 aromatic carbocycles. The molecule has 192 valence electrons. The molecule has 0 bridgehead atoms. The monoisotopic (exact) mass is 489 g/mol. The van der Waals surface area contributed by atoms with Gasteiger partial charge >= 0.3 is 12.1 Å². The summed E-state index contributed by atoms with van der Waals surface area (Å²) >= 11 is 0. The molecule has 0 unspecified atom stereocenters. The molecule has 2 aromatic heterocycles. The van der Waals surface area contributed by atoms with Crippen LogP contribution >= 0.6 is 0 Å². The minimum atomic E-state index is -1.12. The maximum Gasteiger partial charge on any atom is 0.407 e. The number of aliphatic imine (C=N–C) groups is 1. The number of anilines is 1. The molecule has 0 aliphatic heterocycles. The predicted octanol–water partition coefficient (Wildman–Crippen LogP) is 0.932. The quantitative estimate of drug-likeness (QED) is 0.201. The molecule has 2 aromatic rings. The number of fused-ring (bicyclic) bond motifs is 1. The van der Waals surface area contributed by atoms with E-state index in [4.69, 9.17) is 16.2 Å². The number of alkyl carbamates (subject to hydrolysis) is 1. The van der Waals surface area contributed by atoms with Gasteiger partial charge in [-0.2, -0.15) is 0 Å². The first-order valence-corrected chi connectivity index (χ1v) is 11.8. The number of carbonyl (C=O) groups excluding carboxylic acids is 1. The number of rotatable bonds is 11. The Hall–Kier alpha value is -3.64. The first-order valence-electron chi connectivity index (χ1n) is 11.8. The first kappa shape index (κ1) is 26.0. The highest BCUT2D eigenvalue weighted by Gasteiger charge is 2.25. The van der Waals surface area contributed by atoms with Crippen molar-refractivity contribution in [2.24, 2.45) is 28.3 Å². The molecule has 2 heterocycles. The summed E-state index contributed by atoms with van der Waals surface area (Å²) in [6, 6.07) is -1.05. The standard InChI is InChI=1S/C22H35N9O4/c1-30(2)18-17-19(27-12-26-18)31(13-28-17)10-14-5-7-15(8-6-14)11-35-22(34)29-16(20(32)33)4-3-9-25-21(23)24/h12-16H,3-11H2,1-2H3,(H,29,34)(H,32,33)(H4,23,24,25)/t14?,15?,16-/m0/s1. The van der Waals surface area contributed by atoms with Crippen molar-refractivity contribution in [1.82, 2.24) is 24.8 Å². The van der Waals surface area contributed by atoms with Gasteiger partial charge in [0.1, 0.15) is 12.4 Å². The van der Waals surface area contributed by atoms with E-state index in [-0.39, 0.29) is 24.9 Å². The number of amides is 1. The highest BCUT2D eigenvalue weighted by molar-refractivity contribution is 5.83. The Morgan fingerprint density at radius 2 is 1.94 bits per heavy atom. The number of imidazole rings is 1. The maximum atomic E-state index is 12.1. The topological polar surface area (TPSA) is 187 Å². The zero-order chi connectivity index (χ0) is 25.4. The molecule has 6 N–H and O–H groups in total. The van der Waals surface area contributed by atoms with Crippen LogP contribution in [0.1, 0.15) is 38.5 Å². The van der Waals surface area contributed by atoms with Crippen LogP contribution < -0.4 is 21.7 Å². The van der Waals surface area contributed by atoms with Crippen molar-refractivity contribution in [3.05, 3.63) is 12.7 Å². The molecule has 1 saturated carbocycles. The van der Waals surface area contributed by atoms with Gasteiger partial charge in [0.25, 0.3) is 0 Å². The van der Waals surface area contributed by atoms with Crippen molar-refractivity contribution in [3.63, 3.8) is 0 Å². The number of carbonyl (C=O) groups is 2. The number of nitrogens with one attached hydrogen (secondary N) is 1. The van der Waals surface area contributed by atoms with E-state index in [1.165, 1.54) is 0 Å². The van der Waals surface area contributed by atoms with Gasteiger partial charge in [-0.05, 0) is 50.4 Å². The van der Waals surface area contributed by atoms with E-state index >= 15 is 0 Å². The molecule has 1 atom stereocenters. The van der Waals surface area contributed by atoms with Crippen LogP contribution in [-0.4, -0.2) is 75.9 Å². The summed E-state index contributed by atoms with van der Waals surface area (Å²) in [6.07, 6.45) is 7.17. The summed E-state index contributed by atoms with van der Waals surface area (Å²) < 4.78 is 7.40. The third-order valence-electron chi connectivity index (χ3n) is 6.21. The Balaban J connectivity index is 1.41. The number of aliphatic carboxylic acids is 1. The lowest BCUT2D eigenvalue weighted by Gasteiger charge is -2.28. The largest absolute Gasteiger partial charge is 0.480 e. The van der Waals surface area contributed by atoms with E-state index < -0.39 is 18.1 Å². The first-order chi connectivity index (χ1) is 16.7. The third kappa shape index (κ3) is 7.42. The van der Waals surface area contributed by atoms with E-state index in [1.807, 2.05) is 25.3 Å². The average molecular weight is 490 g/mol. The Morgan fingerprint density at radius 1 is 1.23 bits per heavy atom. The molecule has 1 aliphatic rings. The van der Waals surface area contributed by atoms with Crippen LogP contribution in [0.3, 0.4) is 0 Å². The van der Waals surface area contributed by atoms with Crippen LogP contribution in [0.5, 0.6) is 0 Å². The molecule has 1 amide bonds. The average Bonchev–Trinajstić information content (AvgIpc) is 3.23. The van der Waals surface area contributed by atoms with Crippen LogP contribution in [0.15, 0.2) is 17.6 Å². The summed E-state index contributed by atoms with van der Waals surface area (Å²) in [5.74, 6) is 0.361. The molecular formula is C22H35N9O4. The predicted molar refractivity (Wildman–Crippen MR) is 131 cm³/mol. The van der Waals surface area contributed by atoms with Crippen molar-refractivity contribution in [3.8, 4) is 0 Å². The molecule has 1 fully saturated rings. The number of hydrogen-bond acceptors (Lipinski definition) is 8. The minimum absolute atomic E-state index is 0.0511. The zero-order valence-corrected chi connectivity index (χ0v) is 20.3. The van der Waals surface area contributed by atoms with E-state index in [1.54, 1.807) is 6.33 Å². The zero-order valence-electron chi connectivity index (χ0n) is 20.3. The third-order valence-corrected chi connectivity index (χ3v) is 6.21. The Bertz CT molecular complexity index is 1030. The van der Waals surface area contributed by atoms with Crippen LogP contribution in [0.4, 0.5) is 10.6 Å². The van der Waals surface area contributed by atoms with Gasteiger partial charge in [-0.1, -0.05) is 0 Å². The lowest BCUT2D eigenvalue weighted by molar-refractivity contribution is -0.139. The summed E-state index contributed by atoms with van der Waals surface area (Å²) in [4.78, 5) is 42.5. The maximum absolute atomic E-state index is 12.1. The number of nitrogens with two attached hydrogens (primary N) is 2. The molecule has 13 heteroatoms. The lowest BCUT2D eigenvalue weighted by atomic mass is 9.82. The van der Waals surface area contributed by atoms with Crippen molar-refractivity contribution < 1.29 is 19.4 Å². The summed E-state index contributed by atoms with van der Waals surface area (Å²) in [6.45, 7) is 1.39. The molecule has 13 nitrogen and oxygen atoms in total. The highest BCUT2D eigenvalue weighted by Crippen LogP contribution is 2.31. The Morgan fingerprint density at radius 3 is 2.60 bits per heavy atom. The van der Waals surface area contributed by atoms with E-state index in [0.29, 0.717) is 18.9 Å². The van der Waals surface area contributed by atoms with E-state index in [9.17, 15) is 14.7 Å². The van der Waals surface area contributed by atoms with Gasteiger partial charge in [-0.25, -0.2) is 24.5 Å². The molecule has 35 heavy (non-hydrogen) atoms. The number of hydrogen-bond donors (Lipinski definition) is 4. The number of carboxylic acid groups (broad SMARTS) is 1. The fourth-order valence-corrected chi connectivity index (χ4v) is 4.33.